The van der Waals surface area contributed by atoms with E-state index in [4.69, 9.17) is 0 Å². The number of benzene rings is 1. The fourth-order valence-electron chi connectivity index (χ4n) is 2.56. The van der Waals surface area contributed by atoms with Crippen LogP contribution in [0.15, 0.2) is 42.7 Å². The normalized spacial score (nSPS) is 11.2. The van der Waals surface area contributed by atoms with Crippen LogP contribution in [0.5, 0.6) is 0 Å². The Bertz CT molecular complexity index is 931. The zero-order valence-corrected chi connectivity index (χ0v) is 12.4. The minimum Gasteiger partial charge on any atom is -0.336 e. The molecule has 2 N–H and O–H groups in total. The van der Waals surface area contributed by atoms with Gasteiger partial charge in [-0.2, -0.15) is 5.10 Å². The lowest BCUT2D eigenvalue weighted by Gasteiger charge is -2.05. The van der Waals surface area contributed by atoms with Crippen LogP contribution in [0.25, 0.3) is 33.8 Å². The van der Waals surface area contributed by atoms with E-state index in [0.717, 1.165) is 28.2 Å². The molecule has 1 aromatic carbocycles. The summed E-state index contributed by atoms with van der Waals surface area (Å²) in [5, 5.41) is 7.27. The largest absolute Gasteiger partial charge is 0.336 e. The molecule has 0 bridgehead atoms. The van der Waals surface area contributed by atoms with Gasteiger partial charge in [0, 0.05) is 11.8 Å². The van der Waals surface area contributed by atoms with Crippen molar-refractivity contribution in [1.82, 2.24) is 25.1 Å². The molecule has 5 heteroatoms. The quantitative estimate of drug-likeness (QED) is 0.592. The topological polar surface area (TPSA) is 70.2 Å². The van der Waals surface area contributed by atoms with Crippen LogP contribution < -0.4 is 0 Å². The number of nitrogens with one attached hydrogen (secondary N) is 2. The third kappa shape index (κ3) is 1.98. The molecule has 0 atom stereocenters. The fraction of sp³-hybridized carbons (Fsp3) is 0.118. The summed E-state index contributed by atoms with van der Waals surface area (Å²) < 4.78 is 0. The number of nitrogens with zero attached hydrogens (tertiary/aromatic N) is 3. The van der Waals surface area contributed by atoms with Crippen molar-refractivity contribution >= 4 is 11.2 Å². The van der Waals surface area contributed by atoms with Gasteiger partial charge in [0.25, 0.3) is 0 Å². The summed E-state index contributed by atoms with van der Waals surface area (Å²) in [5.41, 5.74) is 7.17. The second kappa shape index (κ2) is 4.80. The van der Waals surface area contributed by atoms with Crippen molar-refractivity contribution in [2.45, 2.75) is 13.8 Å². The molecule has 0 saturated carbocycles. The lowest BCUT2D eigenvalue weighted by molar-refractivity contribution is 1.09. The Morgan fingerprint density at radius 3 is 2.77 bits per heavy atom. The van der Waals surface area contributed by atoms with Crippen LogP contribution in [0.1, 0.15) is 11.1 Å². The van der Waals surface area contributed by atoms with Crippen LogP contribution in [0.2, 0.25) is 0 Å². The van der Waals surface area contributed by atoms with Gasteiger partial charge in [-0.05, 0) is 43.2 Å². The number of hydrogen-bond donors (Lipinski definition) is 2. The Morgan fingerprint density at radius 1 is 1.05 bits per heavy atom. The molecule has 0 fully saturated rings. The molecule has 0 unspecified atom stereocenters. The second-order valence-corrected chi connectivity index (χ2v) is 5.42. The molecule has 4 aromatic rings. The first-order valence-corrected chi connectivity index (χ1v) is 7.14. The van der Waals surface area contributed by atoms with Crippen molar-refractivity contribution in [3.8, 4) is 22.6 Å². The molecule has 0 amide bonds. The standard InChI is InChI=1S/C17H15N5/c1-10-5-6-12(8-11(10)2)15-13(9-19-22-15)16-20-14-4-3-7-18-17(14)21-16/h3-9H,1-2H3,(H,19,22)(H,18,20,21). The molecule has 3 heterocycles. The fourth-order valence-corrected chi connectivity index (χ4v) is 2.56. The highest BCUT2D eigenvalue weighted by molar-refractivity contribution is 5.82. The Balaban J connectivity index is 1.87. The van der Waals surface area contributed by atoms with E-state index in [1.54, 1.807) is 12.4 Å². The van der Waals surface area contributed by atoms with Crippen molar-refractivity contribution in [3.63, 3.8) is 0 Å². The first-order chi connectivity index (χ1) is 10.7. The minimum atomic E-state index is 0.713. The van der Waals surface area contributed by atoms with Gasteiger partial charge in [-0.15, -0.1) is 0 Å². The number of fused-ring (bicyclic) bond motifs is 1. The molecule has 5 nitrogen and oxygen atoms in total. The highest BCUT2D eigenvalue weighted by Crippen LogP contribution is 2.30. The van der Waals surface area contributed by atoms with Crippen molar-refractivity contribution in [1.29, 1.82) is 0 Å². The molecule has 0 saturated heterocycles. The van der Waals surface area contributed by atoms with Gasteiger partial charge in [0.05, 0.1) is 23.0 Å². The zero-order valence-electron chi connectivity index (χ0n) is 12.4. The Morgan fingerprint density at radius 2 is 1.95 bits per heavy atom. The number of H-pyrrole nitrogens is 2. The van der Waals surface area contributed by atoms with Crippen LogP contribution >= 0.6 is 0 Å². The highest BCUT2D eigenvalue weighted by Gasteiger charge is 2.14. The minimum absolute atomic E-state index is 0.713. The number of pyridine rings is 1. The summed E-state index contributed by atoms with van der Waals surface area (Å²) in [7, 11) is 0. The Hall–Kier alpha value is -2.95. The van der Waals surface area contributed by atoms with E-state index in [9.17, 15) is 0 Å². The lowest BCUT2D eigenvalue weighted by atomic mass is 10.0. The Labute approximate surface area is 127 Å². The summed E-state index contributed by atoms with van der Waals surface area (Å²) in [6.45, 7) is 4.22. The molecular formula is C17H15N5. The van der Waals surface area contributed by atoms with E-state index in [-0.39, 0.29) is 0 Å². The van der Waals surface area contributed by atoms with Crippen LogP contribution in [0.4, 0.5) is 0 Å². The van der Waals surface area contributed by atoms with E-state index in [0.29, 0.717) is 5.65 Å². The predicted octanol–water partition coefficient (Wildman–Crippen LogP) is 3.63. The van der Waals surface area contributed by atoms with E-state index < -0.39 is 0 Å². The maximum atomic E-state index is 4.55. The second-order valence-electron chi connectivity index (χ2n) is 5.42. The molecule has 4 rings (SSSR count). The Kier molecular flexibility index (Phi) is 2.79. The molecule has 0 aliphatic rings. The number of rotatable bonds is 2. The number of aromatic amines is 2. The molecule has 0 spiro atoms. The average Bonchev–Trinajstić information content (AvgIpc) is 3.15. The van der Waals surface area contributed by atoms with Crippen LogP contribution in [0.3, 0.4) is 0 Å². The number of imidazole rings is 1. The monoisotopic (exact) mass is 289 g/mol. The van der Waals surface area contributed by atoms with Crippen molar-refractivity contribution in [2.24, 2.45) is 0 Å². The van der Waals surface area contributed by atoms with Crippen molar-refractivity contribution in [2.75, 3.05) is 0 Å². The molecule has 0 aliphatic carbocycles. The van der Waals surface area contributed by atoms with Gasteiger partial charge in [0.15, 0.2) is 5.65 Å². The van der Waals surface area contributed by atoms with Gasteiger partial charge in [0.2, 0.25) is 0 Å². The predicted molar refractivity (Wildman–Crippen MR) is 86.4 cm³/mol. The maximum absolute atomic E-state index is 4.55. The van der Waals surface area contributed by atoms with Crippen LogP contribution in [-0.4, -0.2) is 25.1 Å². The molecule has 22 heavy (non-hydrogen) atoms. The summed E-state index contributed by atoms with van der Waals surface area (Å²) in [6, 6.07) is 10.2. The van der Waals surface area contributed by atoms with Crippen LogP contribution in [0, 0.1) is 13.8 Å². The van der Waals surface area contributed by atoms with Crippen molar-refractivity contribution in [3.05, 3.63) is 53.9 Å². The molecule has 0 radical (unpaired) electrons. The lowest BCUT2D eigenvalue weighted by Crippen LogP contribution is -1.87. The van der Waals surface area contributed by atoms with Crippen LogP contribution in [-0.2, 0) is 0 Å². The summed E-state index contributed by atoms with van der Waals surface area (Å²) >= 11 is 0. The van der Waals surface area contributed by atoms with Gasteiger partial charge in [0.1, 0.15) is 5.82 Å². The van der Waals surface area contributed by atoms with E-state index in [1.807, 2.05) is 12.1 Å². The smallest absolute Gasteiger partial charge is 0.178 e. The molecule has 0 aliphatic heterocycles. The van der Waals surface area contributed by atoms with E-state index >= 15 is 0 Å². The summed E-state index contributed by atoms with van der Waals surface area (Å²) in [4.78, 5) is 12.1. The number of aryl methyl sites for hydroxylation is 2. The first-order valence-electron chi connectivity index (χ1n) is 7.14. The molecule has 3 aromatic heterocycles. The van der Waals surface area contributed by atoms with Gasteiger partial charge in [-0.25, -0.2) is 9.97 Å². The van der Waals surface area contributed by atoms with Gasteiger partial charge in [-0.1, -0.05) is 12.1 Å². The summed E-state index contributed by atoms with van der Waals surface area (Å²) in [6.07, 6.45) is 3.54. The van der Waals surface area contributed by atoms with Gasteiger partial charge in [-0.3, -0.25) is 5.10 Å². The first kappa shape index (κ1) is 12.8. The zero-order chi connectivity index (χ0) is 15.1. The number of hydrogen-bond acceptors (Lipinski definition) is 3. The van der Waals surface area contributed by atoms with E-state index in [2.05, 4.69) is 57.2 Å². The third-order valence-corrected chi connectivity index (χ3v) is 3.95. The molecule has 108 valence electrons. The maximum Gasteiger partial charge on any atom is 0.178 e. The number of aromatic nitrogens is 5. The summed E-state index contributed by atoms with van der Waals surface area (Å²) in [5.74, 6) is 0.774. The van der Waals surface area contributed by atoms with Gasteiger partial charge >= 0.3 is 0 Å². The van der Waals surface area contributed by atoms with Gasteiger partial charge < -0.3 is 4.98 Å². The van der Waals surface area contributed by atoms with Crippen molar-refractivity contribution < 1.29 is 0 Å². The molecular weight excluding hydrogens is 274 g/mol. The SMILES string of the molecule is Cc1ccc(-c2[nH]ncc2-c2nc3ncccc3[nH]2)cc1C. The highest BCUT2D eigenvalue weighted by atomic mass is 15.1. The average molecular weight is 289 g/mol. The third-order valence-electron chi connectivity index (χ3n) is 3.95. The van der Waals surface area contributed by atoms with E-state index in [1.165, 1.54) is 11.1 Å².